The molecule has 200 valence electrons. The molecule has 0 bridgehead atoms. The first-order valence-corrected chi connectivity index (χ1v) is 14.0. The summed E-state index contributed by atoms with van der Waals surface area (Å²) in [6.07, 6.45) is 0. The van der Waals surface area contributed by atoms with E-state index < -0.39 is 21.9 Å². The fourth-order valence-corrected chi connectivity index (χ4v) is 5.71. The lowest BCUT2D eigenvalue weighted by molar-refractivity contribution is 0.0736. The van der Waals surface area contributed by atoms with Crippen molar-refractivity contribution < 1.29 is 27.5 Å². The summed E-state index contributed by atoms with van der Waals surface area (Å²) >= 11 is 0. The van der Waals surface area contributed by atoms with Crippen LogP contribution in [0.25, 0.3) is 10.8 Å². The Morgan fingerprint density at radius 3 is 1.88 bits per heavy atom. The average molecular weight is 552 g/mol. The SMILES string of the molecule is CCOc1ccc(S(=O)(=O)N(C(=O)c2ccccc2)c2ccc(OC(=O)c3ccccc3)c3ccccc23)cc1. The molecular weight excluding hydrogens is 526 g/mol. The molecule has 0 fully saturated rings. The van der Waals surface area contributed by atoms with Gasteiger partial charge in [0.05, 0.1) is 22.8 Å². The van der Waals surface area contributed by atoms with Crippen LogP contribution >= 0.6 is 0 Å². The summed E-state index contributed by atoms with van der Waals surface area (Å²) < 4.78 is 40.1. The molecule has 1 amide bonds. The standard InChI is InChI=1S/C32H25NO6S/c1-2-38-25-17-19-26(20-18-25)40(36,37)33(31(34)23-11-5-3-6-12-23)29-21-22-30(28-16-10-9-15-27(28)29)39-32(35)24-13-7-4-8-14-24/h3-22H,2H2,1H3. The summed E-state index contributed by atoms with van der Waals surface area (Å²) in [4.78, 5) is 26.6. The number of hydrogen-bond donors (Lipinski definition) is 0. The number of amides is 1. The Balaban J connectivity index is 1.65. The third kappa shape index (κ3) is 5.30. The maximum Gasteiger partial charge on any atom is 0.343 e. The quantitative estimate of drug-likeness (QED) is 0.162. The highest BCUT2D eigenvalue weighted by atomic mass is 32.2. The molecular formula is C32H25NO6S. The number of carbonyl (C=O) groups is 2. The highest BCUT2D eigenvalue weighted by molar-refractivity contribution is 7.93. The molecule has 0 aromatic heterocycles. The first-order chi connectivity index (χ1) is 19.4. The molecule has 5 aromatic rings. The lowest BCUT2D eigenvalue weighted by atomic mass is 10.1. The van der Waals surface area contributed by atoms with Crippen LogP contribution in [0, 0.1) is 0 Å². The van der Waals surface area contributed by atoms with Crippen LogP contribution < -0.4 is 13.8 Å². The predicted molar refractivity (Wildman–Crippen MR) is 153 cm³/mol. The van der Waals surface area contributed by atoms with Gasteiger partial charge in [0, 0.05) is 16.3 Å². The second-order valence-corrected chi connectivity index (χ2v) is 10.5. The van der Waals surface area contributed by atoms with Gasteiger partial charge in [-0.3, -0.25) is 4.79 Å². The highest BCUT2D eigenvalue weighted by Crippen LogP contribution is 2.37. The van der Waals surface area contributed by atoms with Gasteiger partial charge in [0.15, 0.2) is 0 Å². The smallest absolute Gasteiger partial charge is 0.343 e. The van der Waals surface area contributed by atoms with Gasteiger partial charge in [-0.05, 0) is 67.6 Å². The van der Waals surface area contributed by atoms with Crippen molar-refractivity contribution in [3.05, 3.63) is 132 Å². The second-order valence-electron chi connectivity index (χ2n) is 8.73. The number of carbonyl (C=O) groups excluding carboxylic acids is 2. The van der Waals surface area contributed by atoms with E-state index >= 15 is 0 Å². The number of hydrogen-bond acceptors (Lipinski definition) is 6. The summed E-state index contributed by atoms with van der Waals surface area (Å²) in [5.41, 5.74) is 0.688. The summed E-state index contributed by atoms with van der Waals surface area (Å²) in [6, 6.07) is 32.5. The molecule has 7 nitrogen and oxygen atoms in total. The fourth-order valence-electron chi connectivity index (χ4n) is 4.28. The molecule has 0 unspecified atom stereocenters. The van der Waals surface area contributed by atoms with Crippen LogP contribution in [-0.2, 0) is 10.0 Å². The van der Waals surface area contributed by atoms with E-state index in [1.807, 2.05) is 6.92 Å². The van der Waals surface area contributed by atoms with Crippen LogP contribution in [0.1, 0.15) is 27.6 Å². The van der Waals surface area contributed by atoms with E-state index in [1.165, 1.54) is 24.3 Å². The van der Waals surface area contributed by atoms with Crippen LogP contribution in [0.2, 0.25) is 0 Å². The van der Waals surface area contributed by atoms with E-state index in [-0.39, 0.29) is 21.9 Å². The Kier molecular flexibility index (Phi) is 7.61. The van der Waals surface area contributed by atoms with Crippen molar-refractivity contribution in [3.8, 4) is 11.5 Å². The molecule has 0 atom stereocenters. The Labute approximate surface area is 232 Å². The average Bonchev–Trinajstić information content (AvgIpc) is 2.99. The van der Waals surface area contributed by atoms with Crippen LogP contribution in [-0.4, -0.2) is 26.9 Å². The van der Waals surface area contributed by atoms with Crippen molar-refractivity contribution in [1.82, 2.24) is 0 Å². The number of anilines is 1. The lowest BCUT2D eigenvalue weighted by Gasteiger charge is -2.25. The van der Waals surface area contributed by atoms with Gasteiger partial charge in [-0.1, -0.05) is 60.7 Å². The van der Waals surface area contributed by atoms with Gasteiger partial charge in [-0.2, -0.15) is 4.31 Å². The van der Waals surface area contributed by atoms with Gasteiger partial charge in [-0.15, -0.1) is 0 Å². The van der Waals surface area contributed by atoms with Crippen LogP contribution in [0.15, 0.2) is 126 Å². The van der Waals surface area contributed by atoms with E-state index in [4.69, 9.17) is 9.47 Å². The Hall–Kier alpha value is -4.95. The number of ether oxygens (including phenoxy) is 2. The highest BCUT2D eigenvalue weighted by Gasteiger charge is 2.33. The maximum atomic E-state index is 14.1. The topological polar surface area (TPSA) is 90.0 Å². The van der Waals surface area contributed by atoms with Crippen molar-refractivity contribution in [2.24, 2.45) is 0 Å². The zero-order valence-electron chi connectivity index (χ0n) is 21.6. The molecule has 0 radical (unpaired) electrons. The summed E-state index contributed by atoms with van der Waals surface area (Å²) in [6.45, 7) is 2.26. The minimum atomic E-state index is -4.38. The Morgan fingerprint density at radius 2 is 1.25 bits per heavy atom. The number of esters is 1. The van der Waals surface area contributed by atoms with Gasteiger partial charge in [0.25, 0.3) is 15.9 Å². The maximum absolute atomic E-state index is 14.1. The molecule has 0 aliphatic heterocycles. The Bertz CT molecular complexity index is 1770. The minimum absolute atomic E-state index is 0.0797. The molecule has 8 heteroatoms. The summed E-state index contributed by atoms with van der Waals surface area (Å²) in [7, 11) is -4.38. The molecule has 0 heterocycles. The molecule has 0 saturated carbocycles. The molecule has 5 rings (SSSR count). The number of nitrogens with zero attached hydrogens (tertiary/aromatic N) is 1. The monoisotopic (exact) mass is 551 g/mol. The summed E-state index contributed by atoms with van der Waals surface area (Å²) in [5, 5.41) is 0.886. The zero-order valence-corrected chi connectivity index (χ0v) is 22.4. The molecule has 0 aliphatic rings. The van der Waals surface area contributed by atoms with Gasteiger partial charge in [0.1, 0.15) is 11.5 Å². The minimum Gasteiger partial charge on any atom is -0.494 e. The second kappa shape index (κ2) is 11.4. The molecule has 5 aromatic carbocycles. The van der Waals surface area contributed by atoms with E-state index in [0.29, 0.717) is 28.7 Å². The first kappa shape index (κ1) is 26.6. The van der Waals surface area contributed by atoms with Crippen LogP contribution in [0.4, 0.5) is 5.69 Å². The number of benzene rings is 5. The number of sulfonamides is 1. The number of rotatable bonds is 8. The van der Waals surface area contributed by atoms with E-state index in [2.05, 4.69) is 0 Å². The van der Waals surface area contributed by atoms with Crippen molar-refractivity contribution in [2.75, 3.05) is 10.9 Å². The molecule has 40 heavy (non-hydrogen) atoms. The van der Waals surface area contributed by atoms with Crippen LogP contribution in [0.3, 0.4) is 0 Å². The van der Waals surface area contributed by atoms with Crippen molar-refractivity contribution in [2.45, 2.75) is 11.8 Å². The fraction of sp³-hybridized carbons (Fsp3) is 0.0625. The van der Waals surface area contributed by atoms with Gasteiger partial charge in [0.2, 0.25) is 0 Å². The Morgan fingerprint density at radius 1 is 0.675 bits per heavy atom. The van der Waals surface area contributed by atoms with E-state index in [9.17, 15) is 18.0 Å². The van der Waals surface area contributed by atoms with Crippen molar-refractivity contribution in [1.29, 1.82) is 0 Å². The third-order valence-electron chi connectivity index (χ3n) is 6.17. The van der Waals surface area contributed by atoms with Crippen molar-refractivity contribution in [3.63, 3.8) is 0 Å². The van der Waals surface area contributed by atoms with E-state index in [1.54, 1.807) is 97.1 Å². The predicted octanol–water partition coefficient (Wildman–Crippen LogP) is 6.49. The van der Waals surface area contributed by atoms with Crippen LogP contribution in [0.5, 0.6) is 11.5 Å². The number of fused-ring (bicyclic) bond motifs is 1. The molecule has 0 aliphatic carbocycles. The molecule has 0 saturated heterocycles. The normalized spacial score (nSPS) is 11.1. The molecule has 0 spiro atoms. The van der Waals surface area contributed by atoms with Gasteiger partial charge < -0.3 is 9.47 Å². The van der Waals surface area contributed by atoms with E-state index in [0.717, 1.165) is 4.31 Å². The van der Waals surface area contributed by atoms with Crippen molar-refractivity contribution >= 4 is 38.4 Å². The third-order valence-corrected chi connectivity index (χ3v) is 7.88. The van der Waals surface area contributed by atoms with Gasteiger partial charge >= 0.3 is 5.97 Å². The lowest BCUT2D eigenvalue weighted by Crippen LogP contribution is -2.37. The summed E-state index contributed by atoms with van der Waals surface area (Å²) in [5.74, 6) is -0.539. The largest absolute Gasteiger partial charge is 0.494 e. The first-order valence-electron chi connectivity index (χ1n) is 12.6. The van der Waals surface area contributed by atoms with Gasteiger partial charge in [-0.25, -0.2) is 13.2 Å². The molecule has 0 N–H and O–H groups in total. The zero-order chi connectivity index (χ0) is 28.1.